The van der Waals surface area contributed by atoms with Crippen molar-refractivity contribution >= 4 is 11.6 Å². The standard InChI is InChI=1S/C15H17ClN2/c1-10(2)12-4-6-13(7-5-12)14-8-11(3)17-15(9-16)18-14/h4-8,10H,9H2,1-3H3. The molecule has 1 aromatic carbocycles. The maximum atomic E-state index is 5.80. The van der Waals surface area contributed by atoms with Crippen LogP contribution < -0.4 is 0 Å². The van der Waals surface area contributed by atoms with Crippen molar-refractivity contribution in [3.8, 4) is 11.3 Å². The lowest BCUT2D eigenvalue weighted by molar-refractivity contribution is 0.867. The highest BCUT2D eigenvalue weighted by atomic mass is 35.5. The molecule has 0 N–H and O–H groups in total. The third kappa shape index (κ3) is 2.88. The molecule has 0 fully saturated rings. The first kappa shape index (κ1) is 13.0. The van der Waals surface area contributed by atoms with Crippen LogP contribution in [0.4, 0.5) is 0 Å². The van der Waals surface area contributed by atoms with Gasteiger partial charge < -0.3 is 0 Å². The molecule has 0 saturated carbocycles. The van der Waals surface area contributed by atoms with Crippen LogP contribution >= 0.6 is 11.6 Å². The highest BCUT2D eigenvalue weighted by Crippen LogP contribution is 2.22. The normalized spacial score (nSPS) is 10.9. The van der Waals surface area contributed by atoms with Gasteiger partial charge in [0.15, 0.2) is 0 Å². The quantitative estimate of drug-likeness (QED) is 0.769. The SMILES string of the molecule is Cc1cc(-c2ccc(C(C)C)cc2)nc(CCl)n1. The van der Waals surface area contributed by atoms with Gasteiger partial charge in [0.1, 0.15) is 5.82 Å². The zero-order chi connectivity index (χ0) is 13.1. The molecule has 0 unspecified atom stereocenters. The Hall–Kier alpha value is -1.41. The fraction of sp³-hybridized carbons (Fsp3) is 0.333. The van der Waals surface area contributed by atoms with Crippen molar-refractivity contribution in [3.05, 3.63) is 47.4 Å². The molecule has 3 heteroatoms. The summed E-state index contributed by atoms with van der Waals surface area (Å²) in [5.41, 5.74) is 4.33. The van der Waals surface area contributed by atoms with Crippen LogP contribution in [-0.2, 0) is 5.88 Å². The van der Waals surface area contributed by atoms with Crippen molar-refractivity contribution in [2.45, 2.75) is 32.6 Å². The van der Waals surface area contributed by atoms with Gasteiger partial charge in [-0.05, 0) is 24.5 Å². The van der Waals surface area contributed by atoms with Crippen LogP contribution in [0.25, 0.3) is 11.3 Å². The molecule has 2 rings (SSSR count). The molecule has 0 saturated heterocycles. The number of benzene rings is 1. The molecular weight excluding hydrogens is 244 g/mol. The van der Waals surface area contributed by atoms with E-state index >= 15 is 0 Å². The van der Waals surface area contributed by atoms with Gasteiger partial charge in [-0.25, -0.2) is 9.97 Å². The lowest BCUT2D eigenvalue weighted by Gasteiger charge is -2.08. The van der Waals surface area contributed by atoms with E-state index in [-0.39, 0.29) is 0 Å². The number of nitrogens with zero attached hydrogens (tertiary/aromatic N) is 2. The summed E-state index contributed by atoms with van der Waals surface area (Å²) in [4.78, 5) is 8.73. The largest absolute Gasteiger partial charge is 0.237 e. The van der Waals surface area contributed by atoms with Crippen LogP contribution in [0.15, 0.2) is 30.3 Å². The number of aromatic nitrogens is 2. The van der Waals surface area contributed by atoms with Gasteiger partial charge in [0.05, 0.1) is 11.6 Å². The predicted octanol–water partition coefficient (Wildman–Crippen LogP) is 4.31. The Labute approximate surface area is 113 Å². The number of halogens is 1. The minimum atomic E-state index is 0.346. The minimum absolute atomic E-state index is 0.346. The van der Waals surface area contributed by atoms with Crippen molar-refractivity contribution in [1.29, 1.82) is 0 Å². The van der Waals surface area contributed by atoms with E-state index in [0.29, 0.717) is 17.6 Å². The van der Waals surface area contributed by atoms with E-state index in [2.05, 4.69) is 48.1 Å². The smallest absolute Gasteiger partial charge is 0.143 e. The van der Waals surface area contributed by atoms with E-state index in [9.17, 15) is 0 Å². The first-order valence-electron chi connectivity index (χ1n) is 6.11. The third-order valence-corrected chi connectivity index (χ3v) is 3.13. The van der Waals surface area contributed by atoms with Crippen LogP contribution in [0, 0.1) is 6.92 Å². The van der Waals surface area contributed by atoms with E-state index < -0.39 is 0 Å². The Morgan fingerprint density at radius 1 is 1.11 bits per heavy atom. The number of hydrogen-bond acceptors (Lipinski definition) is 2. The summed E-state index contributed by atoms with van der Waals surface area (Å²) in [6.45, 7) is 6.34. The molecule has 0 spiro atoms. The number of hydrogen-bond donors (Lipinski definition) is 0. The van der Waals surface area contributed by atoms with E-state index in [0.717, 1.165) is 17.0 Å². The lowest BCUT2D eigenvalue weighted by atomic mass is 10.0. The second-order valence-electron chi connectivity index (χ2n) is 4.72. The highest BCUT2D eigenvalue weighted by Gasteiger charge is 2.05. The number of aryl methyl sites for hydroxylation is 1. The van der Waals surface area contributed by atoms with Crippen LogP contribution in [0.5, 0.6) is 0 Å². The van der Waals surface area contributed by atoms with Gasteiger partial charge >= 0.3 is 0 Å². The molecule has 0 bridgehead atoms. The molecule has 0 aliphatic carbocycles. The molecule has 1 heterocycles. The van der Waals surface area contributed by atoms with Crippen molar-refractivity contribution in [2.24, 2.45) is 0 Å². The average molecular weight is 261 g/mol. The van der Waals surface area contributed by atoms with E-state index in [1.54, 1.807) is 0 Å². The predicted molar refractivity (Wildman–Crippen MR) is 75.9 cm³/mol. The van der Waals surface area contributed by atoms with Gasteiger partial charge in [0, 0.05) is 11.3 Å². The molecule has 1 aromatic heterocycles. The Kier molecular flexibility index (Phi) is 3.97. The maximum Gasteiger partial charge on any atom is 0.143 e. The monoisotopic (exact) mass is 260 g/mol. The van der Waals surface area contributed by atoms with Gasteiger partial charge in [-0.3, -0.25) is 0 Å². The first-order valence-corrected chi connectivity index (χ1v) is 6.64. The fourth-order valence-electron chi connectivity index (χ4n) is 1.88. The highest BCUT2D eigenvalue weighted by molar-refractivity contribution is 6.16. The average Bonchev–Trinajstić information content (AvgIpc) is 2.38. The van der Waals surface area contributed by atoms with Crippen molar-refractivity contribution in [1.82, 2.24) is 9.97 Å². The molecule has 2 aromatic rings. The molecule has 0 aliphatic heterocycles. The van der Waals surface area contributed by atoms with Crippen molar-refractivity contribution in [3.63, 3.8) is 0 Å². The van der Waals surface area contributed by atoms with E-state index in [4.69, 9.17) is 11.6 Å². The molecule has 0 atom stereocenters. The van der Waals surface area contributed by atoms with E-state index in [1.165, 1.54) is 5.56 Å². The zero-order valence-corrected chi connectivity index (χ0v) is 11.7. The summed E-state index contributed by atoms with van der Waals surface area (Å²) < 4.78 is 0. The van der Waals surface area contributed by atoms with Crippen LogP contribution in [0.3, 0.4) is 0 Å². The second kappa shape index (κ2) is 5.49. The zero-order valence-electron chi connectivity index (χ0n) is 10.9. The number of alkyl halides is 1. The van der Waals surface area contributed by atoms with Crippen LogP contribution in [-0.4, -0.2) is 9.97 Å². The molecule has 2 nitrogen and oxygen atoms in total. The molecule has 94 valence electrons. The summed E-state index contributed by atoms with van der Waals surface area (Å²) in [7, 11) is 0. The molecule has 0 aliphatic rings. The maximum absolute atomic E-state index is 5.80. The Morgan fingerprint density at radius 3 is 2.33 bits per heavy atom. The number of rotatable bonds is 3. The molecule has 0 radical (unpaired) electrons. The van der Waals surface area contributed by atoms with Gasteiger partial charge in [-0.1, -0.05) is 38.1 Å². The van der Waals surface area contributed by atoms with Crippen LogP contribution in [0.1, 0.15) is 36.8 Å². The summed E-state index contributed by atoms with van der Waals surface area (Å²) in [5, 5.41) is 0. The summed E-state index contributed by atoms with van der Waals surface area (Å²) in [5.74, 6) is 1.57. The first-order chi connectivity index (χ1) is 8.60. The molecule has 18 heavy (non-hydrogen) atoms. The summed E-state index contributed by atoms with van der Waals surface area (Å²) in [6, 6.07) is 10.5. The minimum Gasteiger partial charge on any atom is -0.237 e. The van der Waals surface area contributed by atoms with Crippen molar-refractivity contribution in [2.75, 3.05) is 0 Å². The Balaban J connectivity index is 2.39. The van der Waals surface area contributed by atoms with Crippen molar-refractivity contribution < 1.29 is 0 Å². The second-order valence-corrected chi connectivity index (χ2v) is 4.99. The topological polar surface area (TPSA) is 25.8 Å². The Morgan fingerprint density at radius 2 is 1.78 bits per heavy atom. The molecule has 0 amide bonds. The summed E-state index contributed by atoms with van der Waals surface area (Å²) in [6.07, 6.45) is 0. The van der Waals surface area contributed by atoms with Gasteiger partial charge in [0.25, 0.3) is 0 Å². The van der Waals surface area contributed by atoms with E-state index in [1.807, 2.05) is 13.0 Å². The Bertz CT molecular complexity index is 533. The third-order valence-electron chi connectivity index (χ3n) is 2.89. The molecular formula is C15H17ClN2. The van der Waals surface area contributed by atoms with Gasteiger partial charge in [-0.2, -0.15) is 0 Å². The van der Waals surface area contributed by atoms with Crippen LogP contribution in [0.2, 0.25) is 0 Å². The van der Waals surface area contributed by atoms with Gasteiger partial charge in [0.2, 0.25) is 0 Å². The lowest BCUT2D eigenvalue weighted by Crippen LogP contribution is -1.96. The van der Waals surface area contributed by atoms with Gasteiger partial charge in [-0.15, -0.1) is 11.6 Å². The summed E-state index contributed by atoms with van der Waals surface area (Å²) >= 11 is 5.80. The fourth-order valence-corrected chi connectivity index (χ4v) is 2.00.